The first-order valence-corrected chi connectivity index (χ1v) is 8.77. The topological polar surface area (TPSA) is 20.2 Å². The molecular weight excluding hydrogens is 228 g/mol. The van der Waals surface area contributed by atoms with Crippen LogP contribution in [0.25, 0.3) is 0 Å². The maximum absolute atomic E-state index is 8.66. The van der Waals surface area contributed by atoms with Gasteiger partial charge in [0.15, 0.2) is 0 Å². The Balaban J connectivity index is 1.75. The summed E-state index contributed by atoms with van der Waals surface area (Å²) in [7, 11) is 0. The average Bonchev–Trinajstić information content (AvgIpc) is 2.38. The van der Waals surface area contributed by atoms with Crippen molar-refractivity contribution in [3.63, 3.8) is 0 Å². The Kier molecular flexibility index (Phi) is 10.3. The van der Waals surface area contributed by atoms with Crippen LogP contribution in [0.15, 0.2) is 0 Å². The minimum absolute atomic E-state index is 0.374. The predicted molar refractivity (Wildman–Crippen MR) is 78.7 cm³/mol. The van der Waals surface area contributed by atoms with Gasteiger partial charge >= 0.3 is 0 Å². The van der Waals surface area contributed by atoms with Crippen LogP contribution < -0.4 is 0 Å². The van der Waals surface area contributed by atoms with E-state index < -0.39 is 0 Å². The number of thioether (sulfide) groups is 1. The number of unbranched alkanes of at least 4 members (excludes halogenated alkanes) is 7. The van der Waals surface area contributed by atoms with Gasteiger partial charge in [-0.25, -0.2) is 0 Å². The van der Waals surface area contributed by atoms with Gasteiger partial charge in [-0.3, -0.25) is 0 Å². The lowest BCUT2D eigenvalue weighted by Gasteiger charge is -2.20. The molecule has 0 radical (unpaired) electrons. The van der Waals surface area contributed by atoms with Crippen LogP contribution in [0.1, 0.15) is 70.6 Å². The van der Waals surface area contributed by atoms with Crippen molar-refractivity contribution in [1.82, 2.24) is 0 Å². The molecule has 0 bridgehead atoms. The number of aliphatic hydroxyl groups is 1. The SMILES string of the molecule is OCCCCCCCCCCC1CCCSC1. The van der Waals surface area contributed by atoms with Gasteiger partial charge in [0.2, 0.25) is 0 Å². The molecule has 1 aliphatic heterocycles. The third-order valence-corrected chi connectivity index (χ3v) is 5.06. The van der Waals surface area contributed by atoms with E-state index in [1.165, 1.54) is 75.7 Å². The highest BCUT2D eigenvalue weighted by Crippen LogP contribution is 2.26. The number of rotatable bonds is 10. The fraction of sp³-hybridized carbons (Fsp3) is 1.00. The molecule has 1 nitrogen and oxygen atoms in total. The van der Waals surface area contributed by atoms with E-state index in [0.29, 0.717) is 6.61 Å². The smallest absolute Gasteiger partial charge is 0.0431 e. The van der Waals surface area contributed by atoms with Gasteiger partial charge in [0, 0.05) is 6.61 Å². The lowest BCUT2D eigenvalue weighted by atomic mass is 9.97. The van der Waals surface area contributed by atoms with E-state index in [4.69, 9.17) is 5.11 Å². The van der Waals surface area contributed by atoms with Crippen LogP contribution in [0.2, 0.25) is 0 Å². The summed E-state index contributed by atoms with van der Waals surface area (Å²) in [6.07, 6.45) is 15.1. The summed E-state index contributed by atoms with van der Waals surface area (Å²) < 4.78 is 0. The molecule has 1 unspecified atom stereocenters. The standard InChI is InChI=1S/C15H30OS/c16-12-8-6-4-2-1-3-5-7-10-15-11-9-13-17-14-15/h15-16H,1-14H2. The van der Waals surface area contributed by atoms with Crippen LogP contribution in [0.4, 0.5) is 0 Å². The third kappa shape index (κ3) is 8.96. The van der Waals surface area contributed by atoms with Crippen LogP contribution in [0, 0.1) is 5.92 Å². The van der Waals surface area contributed by atoms with E-state index in [1.807, 2.05) is 0 Å². The number of hydrogen-bond donors (Lipinski definition) is 1. The summed E-state index contributed by atoms with van der Waals surface area (Å²) in [5.74, 6) is 3.88. The molecule has 0 spiro atoms. The first-order valence-electron chi connectivity index (χ1n) is 7.62. The number of hydrogen-bond acceptors (Lipinski definition) is 2. The number of aliphatic hydroxyl groups excluding tert-OH is 1. The molecule has 17 heavy (non-hydrogen) atoms. The van der Waals surface area contributed by atoms with Gasteiger partial charge in [-0.15, -0.1) is 0 Å². The molecule has 1 saturated heterocycles. The molecule has 1 heterocycles. The minimum Gasteiger partial charge on any atom is -0.396 e. The second-order valence-corrected chi connectivity index (χ2v) is 6.57. The van der Waals surface area contributed by atoms with Crippen LogP contribution in [-0.4, -0.2) is 23.2 Å². The van der Waals surface area contributed by atoms with Crippen LogP contribution >= 0.6 is 11.8 Å². The van der Waals surface area contributed by atoms with E-state index in [2.05, 4.69) is 11.8 Å². The van der Waals surface area contributed by atoms with Crippen LogP contribution in [-0.2, 0) is 0 Å². The Morgan fingerprint density at radius 1 is 0.882 bits per heavy atom. The molecule has 0 aromatic heterocycles. The zero-order chi connectivity index (χ0) is 12.2. The second-order valence-electron chi connectivity index (χ2n) is 5.42. The zero-order valence-corrected chi connectivity index (χ0v) is 12.1. The summed E-state index contributed by atoms with van der Waals surface area (Å²) in [5.41, 5.74) is 0. The first kappa shape index (κ1) is 15.4. The quantitative estimate of drug-likeness (QED) is 0.576. The fourth-order valence-corrected chi connectivity index (χ4v) is 3.84. The van der Waals surface area contributed by atoms with E-state index in [1.54, 1.807) is 0 Å². The van der Waals surface area contributed by atoms with Gasteiger partial charge in [-0.1, -0.05) is 44.9 Å². The molecule has 1 aliphatic rings. The van der Waals surface area contributed by atoms with Gasteiger partial charge in [-0.2, -0.15) is 11.8 Å². The van der Waals surface area contributed by atoms with Crippen LogP contribution in [0.3, 0.4) is 0 Å². The van der Waals surface area contributed by atoms with Crippen molar-refractivity contribution in [2.24, 2.45) is 5.92 Å². The molecule has 2 heteroatoms. The summed E-state index contributed by atoms with van der Waals surface area (Å²) in [6, 6.07) is 0. The summed E-state index contributed by atoms with van der Waals surface area (Å²) >= 11 is 2.16. The average molecular weight is 258 g/mol. The molecule has 1 fully saturated rings. The highest BCUT2D eigenvalue weighted by Gasteiger charge is 2.12. The Hall–Kier alpha value is 0.310. The van der Waals surface area contributed by atoms with E-state index >= 15 is 0 Å². The van der Waals surface area contributed by atoms with E-state index in [9.17, 15) is 0 Å². The van der Waals surface area contributed by atoms with Crippen molar-refractivity contribution in [2.45, 2.75) is 70.6 Å². The Labute approximate surface area is 112 Å². The van der Waals surface area contributed by atoms with Gasteiger partial charge in [0.25, 0.3) is 0 Å². The lowest BCUT2D eigenvalue weighted by Crippen LogP contribution is -2.09. The normalized spacial score (nSPS) is 20.6. The Bertz CT molecular complexity index is 155. The highest BCUT2D eigenvalue weighted by molar-refractivity contribution is 7.99. The van der Waals surface area contributed by atoms with Crippen molar-refractivity contribution in [2.75, 3.05) is 18.1 Å². The van der Waals surface area contributed by atoms with Crippen molar-refractivity contribution >= 4 is 11.8 Å². The summed E-state index contributed by atoms with van der Waals surface area (Å²) in [5, 5.41) is 8.66. The van der Waals surface area contributed by atoms with E-state index in [0.717, 1.165) is 12.3 Å². The zero-order valence-electron chi connectivity index (χ0n) is 11.3. The lowest BCUT2D eigenvalue weighted by molar-refractivity contribution is 0.282. The van der Waals surface area contributed by atoms with Crippen molar-refractivity contribution in [3.8, 4) is 0 Å². The maximum Gasteiger partial charge on any atom is 0.0431 e. The van der Waals surface area contributed by atoms with Gasteiger partial charge in [-0.05, 0) is 43.1 Å². The van der Waals surface area contributed by atoms with E-state index in [-0.39, 0.29) is 0 Å². The molecule has 0 aromatic rings. The summed E-state index contributed by atoms with van der Waals surface area (Å²) in [6.45, 7) is 0.374. The summed E-state index contributed by atoms with van der Waals surface area (Å²) in [4.78, 5) is 0. The van der Waals surface area contributed by atoms with Gasteiger partial charge in [0.1, 0.15) is 0 Å². The van der Waals surface area contributed by atoms with Crippen molar-refractivity contribution in [3.05, 3.63) is 0 Å². The largest absolute Gasteiger partial charge is 0.396 e. The molecule has 0 saturated carbocycles. The fourth-order valence-electron chi connectivity index (χ4n) is 2.64. The molecular formula is C15H30OS. The van der Waals surface area contributed by atoms with Crippen LogP contribution in [0.5, 0.6) is 0 Å². The van der Waals surface area contributed by atoms with Crippen molar-refractivity contribution < 1.29 is 5.11 Å². The molecule has 1 N–H and O–H groups in total. The van der Waals surface area contributed by atoms with Crippen molar-refractivity contribution in [1.29, 1.82) is 0 Å². The Morgan fingerprint density at radius 2 is 1.53 bits per heavy atom. The minimum atomic E-state index is 0.374. The first-order chi connectivity index (χ1) is 8.43. The molecule has 0 amide bonds. The molecule has 1 rings (SSSR count). The molecule has 0 aromatic carbocycles. The second kappa shape index (κ2) is 11.4. The molecule has 1 atom stereocenters. The third-order valence-electron chi connectivity index (χ3n) is 3.78. The molecule has 0 aliphatic carbocycles. The monoisotopic (exact) mass is 258 g/mol. The van der Waals surface area contributed by atoms with Gasteiger partial charge in [0.05, 0.1) is 0 Å². The predicted octanol–water partition coefficient (Wildman–Crippen LogP) is 4.63. The van der Waals surface area contributed by atoms with Gasteiger partial charge < -0.3 is 5.11 Å². The Morgan fingerprint density at radius 3 is 2.12 bits per heavy atom. The molecule has 102 valence electrons. The maximum atomic E-state index is 8.66. The highest BCUT2D eigenvalue weighted by atomic mass is 32.2.